The molecule has 1 aromatic carbocycles. The number of aliphatic carboxylic acids is 1. The number of hydrogen-bond donors (Lipinski definition) is 1. The van der Waals surface area contributed by atoms with Crippen molar-refractivity contribution < 1.29 is 32.6 Å². The molecule has 23 heavy (non-hydrogen) atoms. The van der Waals surface area contributed by atoms with Gasteiger partial charge in [-0.1, -0.05) is 12.1 Å². The van der Waals surface area contributed by atoms with Gasteiger partial charge in [0.1, 0.15) is 5.75 Å². The van der Waals surface area contributed by atoms with Gasteiger partial charge in [0, 0.05) is 13.1 Å². The van der Waals surface area contributed by atoms with E-state index in [-0.39, 0.29) is 24.6 Å². The van der Waals surface area contributed by atoms with Crippen LogP contribution in [0.5, 0.6) is 5.75 Å². The average Bonchev–Trinajstić information content (AvgIpc) is 2.84. The van der Waals surface area contributed by atoms with Gasteiger partial charge in [0.05, 0.1) is 11.8 Å². The number of hydrogen-bond acceptors (Lipinski definition) is 3. The largest absolute Gasteiger partial charge is 0.573 e. The molecule has 1 N–H and O–H groups in total. The first-order valence-electron chi connectivity index (χ1n) is 6.95. The van der Waals surface area contributed by atoms with Gasteiger partial charge < -0.3 is 14.7 Å². The highest BCUT2D eigenvalue weighted by Gasteiger charge is 2.41. The maximum atomic E-state index is 12.2. The van der Waals surface area contributed by atoms with Crippen molar-refractivity contribution in [2.75, 3.05) is 13.1 Å². The fraction of sp³-hybridized carbons (Fsp3) is 0.467. The molecule has 2 rings (SSSR count). The summed E-state index contributed by atoms with van der Waals surface area (Å²) in [5.41, 5.74) is -0.409. The minimum Gasteiger partial charge on any atom is -0.481 e. The van der Waals surface area contributed by atoms with Crippen molar-refractivity contribution >= 4 is 11.9 Å². The van der Waals surface area contributed by atoms with Crippen molar-refractivity contribution in [3.05, 3.63) is 29.8 Å². The van der Waals surface area contributed by atoms with Gasteiger partial charge in [-0.2, -0.15) is 0 Å². The van der Waals surface area contributed by atoms with Gasteiger partial charge in [-0.05, 0) is 31.0 Å². The maximum Gasteiger partial charge on any atom is 0.573 e. The Bertz CT molecular complexity index is 600. The first kappa shape index (κ1) is 17.1. The number of amides is 1. The van der Waals surface area contributed by atoms with Gasteiger partial charge in [-0.15, -0.1) is 13.2 Å². The van der Waals surface area contributed by atoms with Gasteiger partial charge in [-0.3, -0.25) is 9.59 Å². The number of carbonyl (C=O) groups excluding carboxylic acids is 1. The molecule has 1 unspecified atom stereocenters. The number of halogens is 3. The number of benzene rings is 1. The lowest BCUT2D eigenvalue weighted by molar-refractivity contribution is -0.274. The fourth-order valence-electron chi connectivity index (χ4n) is 2.44. The Morgan fingerprint density at radius 2 is 1.91 bits per heavy atom. The summed E-state index contributed by atoms with van der Waals surface area (Å²) in [6.45, 7) is 2.08. The molecule has 0 spiro atoms. The van der Waals surface area contributed by atoms with Gasteiger partial charge in [-0.25, -0.2) is 0 Å². The van der Waals surface area contributed by atoms with Crippen LogP contribution in [0.1, 0.15) is 18.9 Å². The van der Waals surface area contributed by atoms with Crippen LogP contribution < -0.4 is 4.74 Å². The van der Waals surface area contributed by atoms with E-state index in [0.29, 0.717) is 18.5 Å². The second-order valence-electron chi connectivity index (χ2n) is 5.80. The predicted octanol–water partition coefficient (Wildman–Crippen LogP) is 2.45. The predicted molar refractivity (Wildman–Crippen MR) is 73.8 cm³/mol. The molecule has 8 heteroatoms. The molecule has 0 saturated carbocycles. The highest BCUT2D eigenvalue weighted by Crippen LogP contribution is 2.30. The van der Waals surface area contributed by atoms with Gasteiger partial charge >= 0.3 is 12.3 Å². The van der Waals surface area contributed by atoms with Crippen LogP contribution in [0.2, 0.25) is 0 Å². The highest BCUT2D eigenvalue weighted by atomic mass is 19.4. The van der Waals surface area contributed by atoms with E-state index in [9.17, 15) is 22.8 Å². The lowest BCUT2D eigenvalue weighted by Gasteiger charge is -2.20. The van der Waals surface area contributed by atoms with Crippen LogP contribution >= 0.6 is 0 Å². The molecule has 0 aliphatic carbocycles. The van der Waals surface area contributed by atoms with E-state index in [0.717, 1.165) is 12.1 Å². The Balaban J connectivity index is 1.95. The molecule has 1 heterocycles. The number of alkyl halides is 3. The number of carboxylic acid groups (broad SMARTS) is 1. The normalized spacial score (nSPS) is 21.3. The van der Waals surface area contributed by atoms with E-state index < -0.39 is 17.7 Å². The molecule has 1 aliphatic rings. The fourth-order valence-corrected chi connectivity index (χ4v) is 2.44. The van der Waals surface area contributed by atoms with E-state index in [1.165, 1.54) is 17.0 Å². The Hall–Kier alpha value is -2.25. The van der Waals surface area contributed by atoms with E-state index in [1.54, 1.807) is 6.92 Å². The van der Waals surface area contributed by atoms with Crippen LogP contribution in [0.15, 0.2) is 24.3 Å². The lowest BCUT2D eigenvalue weighted by atomic mass is 9.90. The summed E-state index contributed by atoms with van der Waals surface area (Å²) in [6.07, 6.45) is -4.37. The summed E-state index contributed by atoms with van der Waals surface area (Å²) in [6, 6.07) is 5.04. The Morgan fingerprint density at radius 1 is 1.30 bits per heavy atom. The number of ether oxygens (including phenoxy) is 1. The van der Waals surface area contributed by atoms with Crippen LogP contribution in [0.4, 0.5) is 13.2 Å². The van der Waals surface area contributed by atoms with Gasteiger partial charge in [0.2, 0.25) is 5.91 Å². The Morgan fingerprint density at radius 3 is 2.39 bits per heavy atom. The Kier molecular flexibility index (Phi) is 4.53. The molecule has 5 nitrogen and oxygen atoms in total. The third-order valence-corrected chi connectivity index (χ3v) is 3.85. The minimum atomic E-state index is -4.76. The molecule has 0 aromatic heterocycles. The zero-order chi connectivity index (χ0) is 17.3. The summed E-state index contributed by atoms with van der Waals surface area (Å²) in [4.78, 5) is 24.8. The average molecular weight is 331 g/mol. The standard InChI is InChI=1S/C15H16F3NO4/c1-14(13(21)22)6-7-19(9-14)12(20)8-10-2-4-11(5-3-10)23-15(16,17)18/h2-5H,6-9H2,1H3,(H,21,22). The lowest BCUT2D eigenvalue weighted by Crippen LogP contribution is -2.35. The number of likely N-dealkylation sites (tertiary alicyclic amines) is 1. The molecule has 1 aliphatic heterocycles. The summed E-state index contributed by atoms with van der Waals surface area (Å²) in [7, 11) is 0. The minimum absolute atomic E-state index is 0.00198. The van der Waals surface area contributed by atoms with Crippen LogP contribution in [-0.4, -0.2) is 41.3 Å². The second kappa shape index (κ2) is 6.10. The monoisotopic (exact) mass is 331 g/mol. The van der Waals surface area contributed by atoms with Crippen molar-refractivity contribution in [1.82, 2.24) is 4.90 Å². The third kappa shape index (κ3) is 4.37. The van der Waals surface area contributed by atoms with Crippen molar-refractivity contribution in [3.63, 3.8) is 0 Å². The number of carboxylic acids is 1. The molecule has 0 bridgehead atoms. The summed E-state index contributed by atoms with van der Waals surface area (Å²) < 4.78 is 39.9. The Labute approximate surface area is 130 Å². The summed E-state index contributed by atoms with van der Waals surface area (Å²) in [5.74, 6) is -1.55. The zero-order valence-corrected chi connectivity index (χ0v) is 12.4. The van der Waals surface area contributed by atoms with E-state index in [4.69, 9.17) is 5.11 Å². The smallest absolute Gasteiger partial charge is 0.481 e. The third-order valence-electron chi connectivity index (χ3n) is 3.85. The molecule has 0 radical (unpaired) electrons. The number of nitrogens with zero attached hydrogens (tertiary/aromatic N) is 1. The molecule has 1 aromatic rings. The van der Waals surface area contributed by atoms with Crippen molar-refractivity contribution in [2.24, 2.45) is 5.41 Å². The van der Waals surface area contributed by atoms with Crippen LogP contribution in [0, 0.1) is 5.41 Å². The molecule has 1 saturated heterocycles. The first-order valence-corrected chi connectivity index (χ1v) is 6.95. The van der Waals surface area contributed by atoms with Gasteiger partial charge in [0.15, 0.2) is 0 Å². The molecule has 1 fully saturated rings. The van der Waals surface area contributed by atoms with Gasteiger partial charge in [0.25, 0.3) is 0 Å². The van der Waals surface area contributed by atoms with E-state index in [1.807, 2.05) is 0 Å². The molecule has 1 amide bonds. The molecular formula is C15H16F3NO4. The summed E-state index contributed by atoms with van der Waals surface area (Å²) in [5, 5.41) is 9.14. The summed E-state index contributed by atoms with van der Waals surface area (Å²) >= 11 is 0. The molecule has 1 atom stereocenters. The highest BCUT2D eigenvalue weighted by molar-refractivity contribution is 5.82. The van der Waals surface area contributed by atoms with Crippen LogP contribution in [0.3, 0.4) is 0 Å². The van der Waals surface area contributed by atoms with E-state index >= 15 is 0 Å². The van der Waals surface area contributed by atoms with Crippen molar-refractivity contribution in [1.29, 1.82) is 0 Å². The SMILES string of the molecule is CC1(C(=O)O)CCN(C(=O)Cc2ccc(OC(F)(F)F)cc2)C1. The number of rotatable bonds is 4. The van der Waals surface area contributed by atoms with E-state index in [2.05, 4.69) is 4.74 Å². The van der Waals surface area contributed by atoms with Crippen molar-refractivity contribution in [2.45, 2.75) is 26.1 Å². The van der Waals surface area contributed by atoms with Crippen molar-refractivity contribution in [3.8, 4) is 5.75 Å². The van der Waals surface area contributed by atoms with Crippen LogP contribution in [-0.2, 0) is 16.0 Å². The second-order valence-corrected chi connectivity index (χ2v) is 5.80. The topological polar surface area (TPSA) is 66.8 Å². The zero-order valence-electron chi connectivity index (χ0n) is 12.4. The maximum absolute atomic E-state index is 12.2. The van der Waals surface area contributed by atoms with Crippen LogP contribution in [0.25, 0.3) is 0 Å². The quantitative estimate of drug-likeness (QED) is 0.920. The molecular weight excluding hydrogens is 315 g/mol. The first-order chi connectivity index (χ1) is 10.6. The molecule has 126 valence electrons. The number of carbonyl (C=O) groups is 2.